The highest BCUT2D eigenvalue weighted by atomic mass is 16.5. The van der Waals surface area contributed by atoms with Crippen LogP contribution in [0.4, 0.5) is 0 Å². The molecular formula is C17H26N4O. The van der Waals surface area contributed by atoms with Gasteiger partial charge in [-0.25, -0.2) is 0 Å². The summed E-state index contributed by atoms with van der Waals surface area (Å²) in [5.74, 6) is 1.95. The lowest BCUT2D eigenvalue weighted by molar-refractivity contribution is 0.154. The molecule has 0 aliphatic carbocycles. The van der Waals surface area contributed by atoms with Gasteiger partial charge in [0.25, 0.3) is 0 Å². The molecule has 0 radical (unpaired) electrons. The Morgan fingerprint density at radius 1 is 1.41 bits per heavy atom. The first-order valence-electron chi connectivity index (χ1n) is 8.33. The molecule has 0 spiro atoms. The molecule has 2 aliphatic rings. The van der Waals surface area contributed by atoms with Gasteiger partial charge in [-0.3, -0.25) is 4.99 Å². The van der Waals surface area contributed by atoms with E-state index in [9.17, 15) is 0 Å². The first-order valence-corrected chi connectivity index (χ1v) is 8.33. The molecule has 1 unspecified atom stereocenters. The number of aliphatic imine (C=N–C) groups is 1. The van der Waals surface area contributed by atoms with Crippen LogP contribution in [0.1, 0.15) is 31.2 Å². The van der Waals surface area contributed by atoms with Crippen molar-refractivity contribution in [2.75, 3.05) is 19.6 Å². The summed E-state index contributed by atoms with van der Waals surface area (Å²) in [6.45, 7) is 2.78. The number of ether oxygens (including phenoxy) is 1. The Kier molecular flexibility index (Phi) is 5.16. The molecule has 120 valence electrons. The van der Waals surface area contributed by atoms with Crippen molar-refractivity contribution in [1.29, 1.82) is 0 Å². The van der Waals surface area contributed by atoms with Crippen LogP contribution in [-0.2, 0) is 6.42 Å². The highest BCUT2D eigenvalue weighted by Crippen LogP contribution is 2.28. The van der Waals surface area contributed by atoms with E-state index in [2.05, 4.69) is 33.8 Å². The fourth-order valence-electron chi connectivity index (χ4n) is 3.03. The molecule has 1 aromatic rings. The van der Waals surface area contributed by atoms with E-state index in [0.29, 0.717) is 0 Å². The second-order valence-corrected chi connectivity index (χ2v) is 6.11. The highest BCUT2D eigenvalue weighted by Gasteiger charge is 2.21. The summed E-state index contributed by atoms with van der Waals surface area (Å²) in [5, 5.41) is 6.58. The summed E-state index contributed by atoms with van der Waals surface area (Å²) >= 11 is 0. The van der Waals surface area contributed by atoms with Crippen molar-refractivity contribution in [2.24, 2.45) is 10.7 Å². The van der Waals surface area contributed by atoms with Crippen molar-refractivity contribution in [1.82, 2.24) is 10.6 Å². The van der Waals surface area contributed by atoms with E-state index in [1.807, 2.05) is 6.07 Å². The van der Waals surface area contributed by atoms with Gasteiger partial charge in [0.2, 0.25) is 0 Å². The van der Waals surface area contributed by atoms with Crippen LogP contribution in [0.2, 0.25) is 0 Å². The number of hydrogen-bond acceptors (Lipinski definition) is 5. The summed E-state index contributed by atoms with van der Waals surface area (Å²) in [5.41, 5.74) is 7.58. The molecule has 2 atom stereocenters. The number of hydrogen-bond donors (Lipinski definition) is 3. The Morgan fingerprint density at radius 3 is 3.18 bits per heavy atom. The van der Waals surface area contributed by atoms with Gasteiger partial charge in [-0.05, 0) is 43.7 Å². The maximum atomic E-state index is 6.26. The average molecular weight is 302 g/mol. The smallest absolute Gasteiger partial charge is 0.191 e. The lowest BCUT2D eigenvalue weighted by atomic mass is 9.97. The van der Waals surface area contributed by atoms with E-state index >= 15 is 0 Å². The third kappa shape index (κ3) is 4.13. The molecule has 0 saturated heterocycles. The van der Waals surface area contributed by atoms with Crippen LogP contribution in [0.15, 0.2) is 29.3 Å². The van der Waals surface area contributed by atoms with E-state index in [0.717, 1.165) is 63.4 Å². The molecule has 0 saturated carbocycles. The van der Waals surface area contributed by atoms with Gasteiger partial charge in [0.1, 0.15) is 11.9 Å². The standard InChI is InChI=1S/C17H26N4O/c18-14(8-11-21-17-19-9-3-10-20-17)12-15-7-6-13-4-1-2-5-16(13)22-15/h1-2,4-5,14-15H,3,6-12,18H2,(H2,19,20,21)/t14?,15-/m1/s1. The summed E-state index contributed by atoms with van der Waals surface area (Å²) in [6, 6.07) is 8.46. The molecule has 4 N–H and O–H groups in total. The van der Waals surface area contributed by atoms with E-state index in [4.69, 9.17) is 10.5 Å². The topological polar surface area (TPSA) is 71.7 Å². The fourth-order valence-corrected chi connectivity index (χ4v) is 3.03. The number of nitrogens with two attached hydrogens (primary N) is 1. The van der Waals surface area contributed by atoms with Crippen LogP contribution >= 0.6 is 0 Å². The molecule has 0 fully saturated rings. The zero-order valence-electron chi connectivity index (χ0n) is 13.1. The quantitative estimate of drug-likeness (QED) is 0.769. The van der Waals surface area contributed by atoms with Gasteiger partial charge in [-0.2, -0.15) is 0 Å². The first-order chi connectivity index (χ1) is 10.8. The largest absolute Gasteiger partial charge is 0.490 e. The van der Waals surface area contributed by atoms with Crippen molar-refractivity contribution in [3.8, 4) is 5.75 Å². The van der Waals surface area contributed by atoms with E-state index in [-0.39, 0.29) is 12.1 Å². The van der Waals surface area contributed by atoms with Crippen LogP contribution in [-0.4, -0.2) is 37.7 Å². The van der Waals surface area contributed by atoms with Gasteiger partial charge in [0.05, 0.1) is 0 Å². The van der Waals surface area contributed by atoms with Gasteiger partial charge in [0.15, 0.2) is 5.96 Å². The monoisotopic (exact) mass is 302 g/mol. The van der Waals surface area contributed by atoms with Crippen molar-refractivity contribution in [3.63, 3.8) is 0 Å². The molecule has 2 heterocycles. The average Bonchev–Trinajstić information content (AvgIpc) is 2.56. The van der Waals surface area contributed by atoms with Crippen LogP contribution < -0.4 is 21.1 Å². The molecular weight excluding hydrogens is 276 g/mol. The fraction of sp³-hybridized carbons (Fsp3) is 0.588. The van der Waals surface area contributed by atoms with E-state index in [1.165, 1.54) is 5.56 Å². The maximum absolute atomic E-state index is 6.26. The number of guanidine groups is 1. The van der Waals surface area contributed by atoms with Gasteiger partial charge in [0, 0.05) is 25.7 Å². The van der Waals surface area contributed by atoms with E-state index in [1.54, 1.807) is 0 Å². The Morgan fingerprint density at radius 2 is 2.32 bits per heavy atom. The number of fused-ring (bicyclic) bond motifs is 1. The molecule has 2 aliphatic heterocycles. The predicted octanol–water partition coefficient (Wildman–Crippen LogP) is 1.43. The second-order valence-electron chi connectivity index (χ2n) is 6.11. The Labute approximate surface area is 132 Å². The van der Waals surface area contributed by atoms with Gasteiger partial charge >= 0.3 is 0 Å². The zero-order chi connectivity index (χ0) is 15.2. The maximum Gasteiger partial charge on any atom is 0.191 e. The van der Waals surface area contributed by atoms with Gasteiger partial charge in [-0.15, -0.1) is 0 Å². The molecule has 0 bridgehead atoms. The number of benzene rings is 1. The number of nitrogens with zero attached hydrogens (tertiary/aromatic N) is 1. The summed E-state index contributed by atoms with van der Waals surface area (Å²) in [7, 11) is 0. The van der Waals surface area contributed by atoms with Crippen LogP contribution in [0.3, 0.4) is 0 Å². The lowest BCUT2D eigenvalue weighted by Crippen LogP contribution is -2.42. The van der Waals surface area contributed by atoms with Crippen LogP contribution in [0.25, 0.3) is 0 Å². The summed E-state index contributed by atoms with van der Waals surface area (Å²) < 4.78 is 6.06. The number of nitrogens with one attached hydrogen (secondary N) is 2. The number of rotatable bonds is 5. The lowest BCUT2D eigenvalue weighted by Gasteiger charge is -2.28. The molecule has 0 aromatic heterocycles. The Balaban J connectivity index is 1.39. The van der Waals surface area contributed by atoms with Gasteiger partial charge in [-0.1, -0.05) is 18.2 Å². The first kappa shape index (κ1) is 15.2. The normalized spacial score (nSPS) is 21.9. The molecule has 3 rings (SSSR count). The van der Waals surface area contributed by atoms with Crippen molar-refractivity contribution in [2.45, 2.75) is 44.2 Å². The van der Waals surface area contributed by atoms with Crippen LogP contribution in [0, 0.1) is 0 Å². The molecule has 5 nitrogen and oxygen atoms in total. The minimum Gasteiger partial charge on any atom is -0.490 e. The SMILES string of the molecule is NC(CCNC1=NCCCN1)C[C@H]1CCc2ccccc2O1. The number of aryl methyl sites for hydroxylation is 1. The van der Waals surface area contributed by atoms with E-state index < -0.39 is 0 Å². The third-order valence-electron chi connectivity index (χ3n) is 4.27. The molecule has 22 heavy (non-hydrogen) atoms. The van der Waals surface area contributed by atoms with Crippen molar-refractivity contribution < 1.29 is 4.74 Å². The van der Waals surface area contributed by atoms with Crippen molar-refractivity contribution in [3.05, 3.63) is 29.8 Å². The highest BCUT2D eigenvalue weighted by molar-refractivity contribution is 5.80. The number of para-hydroxylation sites is 1. The molecule has 1 aromatic carbocycles. The predicted molar refractivity (Wildman–Crippen MR) is 89.3 cm³/mol. The minimum atomic E-state index is 0.159. The Hall–Kier alpha value is -1.75. The van der Waals surface area contributed by atoms with Crippen LogP contribution in [0.5, 0.6) is 5.75 Å². The molecule has 5 heteroatoms. The summed E-state index contributed by atoms with van der Waals surface area (Å²) in [6.07, 6.45) is 5.36. The minimum absolute atomic E-state index is 0.159. The van der Waals surface area contributed by atoms with Gasteiger partial charge < -0.3 is 21.1 Å². The van der Waals surface area contributed by atoms with Crippen molar-refractivity contribution >= 4 is 5.96 Å². The zero-order valence-corrected chi connectivity index (χ0v) is 13.1. The second kappa shape index (κ2) is 7.49. The third-order valence-corrected chi connectivity index (χ3v) is 4.27. The molecule has 0 amide bonds. The Bertz CT molecular complexity index is 517. The summed E-state index contributed by atoms with van der Waals surface area (Å²) in [4.78, 5) is 4.40.